The molecule has 1 saturated heterocycles. The molecule has 0 atom stereocenters. The monoisotopic (exact) mass is 354 g/mol. The van der Waals surface area contributed by atoms with E-state index >= 15 is 0 Å². The second-order valence-electron chi connectivity index (χ2n) is 5.77. The van der Waals surface area contributed by atoms with E-state index in [1.807, 2.05) is 6.92 Å². The van der Waals surface area contributed by atoms with Gasteiger partial charge in [-0.05, 0) is 38.3 Å². The Bertz CT molecular complexity index is 640. The highest BCUT2D eigenvalue weighted by Gasteiger charge is 2.29. The van der Waals surface area contributed by atoms with Crippen molar-refractivity contribution < 1.29 is 17.9 Å². The molecule has 0 bridgehead atoms. The average Bonchev–Trinajstić information content (AvgIpc) is 2.62. The van der Waals surface area contributed by atoms with Gasteiger partial charge in [0.25, 0.3) is 5.91 Å². The summed E-state index contributed by atoms with van der Waals surface area (Å²) < 4.78 is 32.4. The predicted octanol–water partition coefficient (Wildman–Crippen LogP) is 2.02. The van der Waals surface area contributed by atoms with E-state index in [4.69, 9.17) is 4.74 Å². The maximum absolute atomic E-state index is 12.9. The molecule has 1 amide bonds. The minimum Gasteiger partial charge on any atom is -0.382 e. The van der Waals surface area contributed by atoms with E-state index in [1.165, 1.54) is 10.4 Å². The molecule has 1 aromatic rings. The number of nitrogens with one attached hydrogen (secondary N) is 1. The molecule has 1 aromatic carbocycles. The maximum atomic E-state index is 12.9. The highest BCUT2D eigenvalue weighted by molar-refractivity contribution is 7.89. The van der Waals surface area contributed by atoms with Crippen LogP contribution in [0.3, 0.4) is 0 Å². The van der Waals surface area contributed by atoms with Crippen LogP contribution in [0.5, 0.6) is 0 Å². The first-order valence-corrected chi connectivity index (χ1v) is 9.96. The summed E-state index contributed by atoms with van der Waals surface area (Å²) in [5, 5.41) is 2.77. The first-order chi connectivity index (χ1) is 11.6. The minimum atomic E-state index is -3.63. The van der Waals surface area contributed by atoms with Gasteiger partial charge in [-0.1, -0.05) is 18.6 Å². The Labute approximate surface area is 144 Å². The number of rotatable bonds is 8. The summed E-state index contributed by atoms with van der Waals surface area (Å²) in [5.74, 6) is -0.359. The van der Waals surface area contributed by atoms with Gasteiger partial charge in [0.15, 0.2) is 0 Å². The zero-order chi connectivity index (χ0) is 17.4. The first-order valence-electron chi connectivity index (χ1n) is 8.52. The van der Waals surface area contributed by atoms with Crippen LogP contribution in [-0.4, -0.2) is 51.5 Å². The highest BCUT2D eigenvalue weighted by atomic mass is 32.2. The molecule has 0 aromatic heterocycles. The summed E-state index contributed by atoms with van der Waals surface area (Å²) >= 11 is 0. The van der Waals surface area contributed by atoms with Crippen molar-refractivity contribution in [2.24, 2.45) is 0 Å². The Hall–Kier alpha value is -1.44. The standard InChI is InChI=1S/C17H26N2O4S/c1-2-23-14-8-11-18-17(20)15-9-4-5-10-16(15)24(21,22)19-12-6-3-7-13-19/h4-5,9-10H,2-3,6-8,11-14H2,1H3,(H,18,20). The Balaban J connectivity index is 2.10. The molecule has 1 fully saturated rings. The van der Waals surface area contributed by atoms with Gasteiger partial charge in [-0.15, -0.1) is 0 Å². The van der Waals surface area contributed by atoms with Gasteiger partial charge in [-0.2, -0.15) is 4.31 Å². The van der Waals surface area contributed by atoms with E-state index in [0.717, 1.165) is 19.3 Å². The van der Waals surface area contributed by atoms with Crippen LogP contribution in [0.4, 0.5) is 0 Å². The SMILES string of the molecule is CCOCCCNC(=O)c1ccccc1S(=O)(=O)N1CCCCC1. The largest absolute Gasteiger partial charge is 0.382 e. The molecule has 6 nitrogen and oxygen atoms in total. The second-order valence-corrected chi connectivity index (χ2v) is 7.67. The number of nitrogens with zero attached hydrogens (tertiary/aromatic N) is 1. The van der Waals surface area contributed by atoms with Crippen molar-refractivity contribution in [1.29, 1.82) is 0 Å². The van der Waals surface area contributed by atoms with Gasteiger partial charge in [-0.3, -0.25) is 4.79 Å². The fourth-order valence-corrected chi connectivity index (χ4v) is 4.45. The molecule has 1 N–H and O–H groups in total. The van der Waals surface area contributed by atoms with Crippen LogP contribution < -0.4 is 5.32 Å². The van der Waals surface area contributed by atoms with Crippen LogP contribution in [0.25, 0.3) is 0 Å². The summed E-state index contributed by atoms with van der Waals surface area (Å²) in [6, 6.07) is 6.42. The first kappa shape index (κ1) is 18.9. The molecule has 7 heteroatoms. The van der Waals surface area contributed by atoms with Crippen LogP contribution >= 0.6 is 0 Å². The third-order valence-corrected chi connectivity index (χ3v) is 5.98. The summed E-state index contributed by atoms with van der Waals surface area (Å²) in [6.45, 7) is 4.63. The van der Waals surface area contributed by atoms with Crippen LogP contribution in [0.2, 0.25) is 0 Å². The number of amides is 1. The summed E-state index contributed by atoms with van der Waals surface area (Å²) in [7, 11) is -3.63. The van der Waals surface area contributed by atoms with Gasteiger partial charge in [0.2, 0.25) is 10.0 Å². The zero-order valence-electron chi connectivity index (χ0n) is 14.2. The fourth-order valence-electron chi connectivity index (χ4n) is 2.74. The van der Waals surface area contributed by atoms with E-state index in [-0.39, 0.29) is 16.4 Å². The van der Waals surface area contributed by atoms with Gasteiger partial charge in [0.05, 0.1) is 10.5 Å². The Morgan fingerprint density at radius 1 is 1.21 bits per heavy atom. The van der Waals surface area contributed by atoms with E-state index in [2.05, 4.69) is 5.32 Å². The normalized spacial score (nSPS) is 16.0. The van der Waals surface area contributed by atoms with Gasteiger partial charge < -0.3 is 10.1 Å². The van der Waals surface area contributed by atoms with Crippen LogP contribution in [0.1, 0.15) is 43.0 Å². The second kappa shape index (κ2) is 9.15. The number of sulfonamides is 1. The van der Waals surface area contributed by atoms with Gasteiger partial charge in [0, 0.05) is 32.8 Å². The van der Waals surface area contributed by atoms with Gasteiger partial charge >= 0.3 is 0 Å². The number of hydrogen-bond donors (Lipinski definition) is 1. The van der Waals surface area contributed by atoms with Crippen LogP contribution in [0.15, 0.2) is 29.2 Å². The quantitative estimate of drug-likeness (QED) is 0.725. The summed E-state index contributed by atoms with van der Waals surface area (Å²) in [4.78, 5) is 12.5. The van der Waals surface area contributed by atoms with E-state index in [9.17, 15) is 13.2 Å². The molecule has 0 unspecified atom stereocenters. The molecule has 0 aliphatic carbocycles. The van der Waals surface area contributed by atoms with Crippen molar-refractivity contribution in [2.75, 3.05) is 32.8 Å². The molecular weight excluding hydrogens is 328 g/mol. The number of ether oxygens (including phenoxy) is 1. The molecule has 0 spiro atoms. The Morgan fingerprint density at radius 2 is 1.92 bits per heavy atom. The number of hydrogen-bond acceptors (Lipinski definition) is 4. The lowest BCUT2D eigenvalue weighted by Gasteiger charge is -2.26. The van der Waals surface area contributed by atoms with Gasteiger partial charge in [-0.25, -0.2) is 8.42 Å². The number of piperidine rings is 1. The topological polar surface area (TPSA) is 75.7 Å². The smallest absolute Gasteiger partial charge is 0.252 e. The molecule has 2 rings (SSSR count). The van der Waals surface area contributed by atoms with Gasteiger partial charge in [0.1, 0.15) is 0 Å². The fraction of sp³-hybridized carbons (Fsp3) is 0.588. The number of benzene rings is 1. The average molecular weight is 354 g/mol. The maximum Gasteiger partial charge on any atom is 0.252 e. The molecular formula is C17H26N2O4S. The lowest BCUT2D eigenvalue weighted by Crippen LogP contribution is -2.37. The predicted molar refractivity (Wildman–Crippen MR) is 92.5 cm³/mol. The Kier molecular flexibility index (Phi) is 7.20. The molecule has 0 saturated carbocycles. The molecule has 1 aliphatic heterocycles. The van der Waals surface area contributed by atoms with Crippen molar-refractivity contribution in [3.05, 3.63) is 29.8 Å². The summed E-state index contributed by atoms with van der Waals surface area (Å²) in [6.07, 6.45) is 3.48. The zero-order valence-corrected chi connectivity index (χ0v) is 15.0. The van der Waals surface area contributed by atoms with Crippen molar-refractivity contribution in [2.45, 2.75) is 37.5 Å². The Morgan fingerprint density at radius 3 is 2.62 bits per heavy atom. The molecule has 24 heavy (non-hydrogen) atoms. The number of carbonyl (C=O) groups is 1. The van der Waals surface area contributed by atoms with Crippen molar-refractivity contribution in [3.8, 4) is 0 Å². The third kappa shape index (κ3) is 4.78. The van der Waals surface area contributed by atoms with E-state index in [0.29, 0.717) is 39.3 Å². The van der Waals surface area contributed by atoms with E-state index in [1.54, 1.807) is 18.2 Å². The minimum absolute atomic E-state index is 0.0919. The third-order valence-electron chi connectivity index (χ3n) is 4.02. The van der Waals surface area contributed by atoms with Crippen molar-refractivity contribution in [3.63, 3.8) is 0 Å². The van der Waals surface area contributed by atoms with Crippen molar-refractivity contribution >= 4 is 15.9 Å². The lowest BCUT2D eigenvalue weighted by atomic mass is 10.2. The molecule has 0 radical (unpaired) electrons. The molecule has 1 aliphatic rings. The highest BCUT2D eigenvalue weighted by Crippen LogP contribution is 2.23. The molecule has 1 heterocycles. The van der Waals surface area contributed by atoms with E-state index < -0.39 is 10.0 Å². The van der Waals surface area contributed by atoms with Crippen molar-refractivity contribution in [1.82, 2.24) is 9.62 Å². The van der Waals surface area contributed by atoms with Crippen LogP contribution in [-0.2, 0) is 14.8 Å². The lowest BCUT2D eigenvalue weighted by molar-refractivity contribution is 0.0940. The summed E-state index contributed by atoms with van der Waals surface area (Å²) in [5.41, 5.74) is 0.208. The number of carbonyl (C=O) groups excluding carboxylic acids is 1. The van der Waals surface area contributed by atoms with Crippen LogP contribution in [0, 0.1) is 0 Å². The molecule has 134 valence electrons.